The Morgan fingerprint density at radius 1 is 1.44 bits per heavy atom. The first-order valence-electron chi connectivity index (χ1n) is 5.50. The average molecular weight is 217 g/mol. The van der Waals surface area contributed by atoms with Crippen molar-refractivity contribution in [2.75, 3.05) is 13.7 Å². The van der Waals surface area contributed by atoms with Crippen molar-refractivity contribution in [1.29, 1.82) is 5.26 Å². The van der Waals surface area contributed by atoms with E-state index in [1.54, 1.807) is 7.11 Å². The van der Waals surface area contributed by atoms with E-state index in [1.807, 2.05) is 18.2 Å². The molecule has 0 atom stereocenters. The Labute approximate surface area is 95.6 Å². The summed E-state index contributed by atoms with van der Waals surface area (Å²) in [5.41, 5.74) is 0.887. The summed E-state index contributed by atoms with van der Waals surface area (Å²) >= 11 is 0. The molecular weight excluding hydrogens is 202 g/mol. The quantitative estimate of drug-likeness (QED) is 0.761. The zero-order valence-corrected chi connectivity index (χ0v) is 9.40. The number of nitrogens with zero attached hydrogens (tertiary/aromatic N) is 1. The van der Waals surface area contributed by atoms with E-state index in [0.29, 0.717) is 18.1 Å². The molecule has 0 saturated heterocycles. The van der Waals surface area contributed by atoms with Gasteiger partial charge in [0.25, 0.3) is 0 Å². The van der Waals surface area contributed by atoms with E-state index >= 15 is 0 Å². The highest BCUT2D eigenvalue weighted by Crippen LogP contribution is 2.34. The van der Waals surface area contributed by atoms with E-state index < -0.39 is 0 Å². The number of ether oxygens (including phenoxy) is 2. The van der Waals surface area contributed by atoms with Crippen LogP contribution in [0.3, 0.4) is 0 Å². The summed E-state index contributed by atoms with van der Waals surface area (Å²) < 4.78 is 11.0. The Morgan fingerprint density at radius 2 is 2.25 bits per heavy atom. The Morgan fingerprint density at radius 3 is 2.88 bits per heavy atom. The molecule has 0 amide bonds. The fourth-order valence-electron chi connectivity index (χ4n) is 1.62. The van der Waals surface area contributed by atoms with Gasteiger partial charge in [0.15, 0.2) is 11.5 Å². The maximum absolute atomic E-state index is 8.71. The second-order valence-corrected chi connectivity index (χ2v) is 4.04. The molecular formula is C13H15NO2. The minimum absolute atomic E-state index is 0.351. The van der Waals surface area contributed by atoms with Crippen LogP contribution < -0.4 is 9.47 Å². The van der Waals surface area contributed by atoms with Crippen molar-refractivity contribution in [3.05, 3.63) is 23.8 Å². The van der Waals surface area contributed by atoms with E-state index in [9.17, 15) is 0 Å². The van der Waals surface area contributed by atoms with Crippen LogP contribution in [0.4, 0.5) is 0 Å². The number of benzene rings is 1. The minimum atomic E-state index is 0.351. The van der Waals surface area contributed by atoms with Crippen LogP contribution in [-0.2, 0) is 6.42 Å². The van der Waals surface area contributed by atoms with Gasteiger partial charge in [0.05, 0.1) is 26.2 Å². The third-order valence-electron chi connectivity index (χ3n) is 2.71. The molecule has 0 bridgehead atoms. The van der Waals surface area contributed by atoms with Gasteiger partial charge in [0.1, 0.15) is 0 Å². The molecule has 1 aromatic carbocycles. The lowest BCUT2D eigenvalue weighted by atomic mass is 10.1. The second-order valence-electron chi connectivity index (χ2n) is 4.04. The van der Waals surface area contributed by atoms with E-state index in [2.05, 4.69) is 6.07 Å². The Hall–Kier alpha value is -1.69. The van der Waals surface area contributed by atoms with Gasteiger partial charge in [-0.15, -0.1) is 0 Å². The van der Waals surface area contributed by atoms with Gasteiger partial charge in [-0.2, -0.15) is 5.26 Å². The van der Waals surface area contributed by atoms with Crippen LogP contribution in [0.15, 0.2) is 18.2 Å². The number of methoxy groups -OCH3 is 1. The molecule has 1 saturated carbocycles. The molecule has 3 heteroatoms. The molecule has 16 heavy (non-hydrogen) atoms. The summed E-state index contributed by atoms with van der Waals surface area (Å²) in [5.74, 6) is 2.16. The number of nitriles is 1. The van der Waals surface area contributed by atoms with E-state index in [1.165, 1.54) is 12.8 Å². The van der Waals surface area contributed by atoms with E-state index in [-0.39, 0.29) is 0 Å². The first-order chi connectivity index (χ1) is 7.85. The molecule has 1 aliphatic rings. The average Bonchev–Trinajstić information content (AvgIpc) is 3.11. The maximum Gasteiger partial charge on any atom is 0.164 e. The van der Waals surface area contributed by atoms with Crippen LogP contribution in [0, 0.1) is 17.2 Å². The summed E-state index contributed by atoms with van der Waals surface area (Å²) in [6.45, 7) is 0.756. The number of hydrogen-bond donors (Lipinski definition) is 0. The monoisotopic (exact) mass is 217 g/mol. The fraction of sp³-hybridized carbons (Fsp3) is 0.462. The van der Waals surface area contributed by atoms with E-state index in [4.69, 9.17) is 14.7 Å². The predicted molar refractivity (Wildman–Crippen MR) is 60.5 cm³/mol. The third kappa shape index (κ3) is 2.46. The number of para-hydroxylation sites is 1. The van der Waals surface area contributed by atoms with Crippen LogP contribution >= 0.6 is 0 Å². The van der Waals surface area contributed by atoms with Crippen molar-refractivity contribution < 1.29 is 9.47 Å². The van der Waals surface area contributed by atoms with E-state index in [0.717, 1.165) is 17.9 Å². The normalized spacial score (nSPS) is 14.2. The molecule has 0 spiro atoms. The third-order valence-corrected chi connectivity index (χ3v) is 2.71. The molecule has 3 nitrogen and oxygen atoms in total. The van der Waals surface area contributed by atoms with Gasteiger partial charge in [-0.3, -0.25) is 0 Å². The van der Waals surface area contributed by atoms with Gasteiger partial charge in [-0.05, 0) is 24.8 Å². The largest absolute Gasteiger partial charge is 0.493 e. The van der Waals surface area contributed by atoms with Gasteiger partial charge in [0.2, 0.25) is 0 Å². The highest BCUT2D eigenvalue weighted by Gasteiger charge is 2.22. The molecule has 0 heterocycles. The van der Waals surface area contributed by atoms with Gasteiger partial charge in [-0.25, -0.2) is 0 Å². The summed E-state index contributed by atoms with van der Waals surface area (Å²) in [6.07, 6.45) is 2.88. The molecule has 84 valence electrons. The second kappa shape index (κ2) is 4.89. The van der Waals surface area contributed by atoms with Crippen molar-refractivity contribution in [2.45, 2.75) is 19.3 Å². The molecule has 0 unspecified atom stereocenters. The summed E-state index contributed by atoms with van der Waals surface area (Å²) in [5, 5.41) is 8.71. The van der Waals surface area contributed by atoms with Crippen molar-refractivity contribution >= 4 is 0 Å². The van der Waals surface area contributed by atoms with Crippen molar-refractivity contribution in [2.24, 2.45) is 5.92 Å². The number of rotatable bonds is 5. The van der Waals surface area contributed by atoms with Crippen LogP contribution in [-0.4, -0.2) is 13.7 Å². The van der Waals surface area contributed by atoms with Gasteiger partial charge in [0, 0.05) is 5.56 Å². The van der Waals surface area contributed by atoms with Gasteiger partial charge in [-0.1, -0.05) is 12.1 Å². The predicted octanol–water partition coefficient (Wildman–Crippen LogP) is 2.55. The molecule has 0 N–H and O–H groups in total. The Bertz CT molecular complexity index is 405. The molecule has 0 aromatic heterocycles. The maximum atomic E-state index is 8.71. The highest BCUT2D eigenvalue weighted by molar-refractivity contribution is 5.47. The van der Waals surface area contributed by atoms with Gasteiger partial charge < -0.3 is 9.47 Å². The lowest BCUT2D eigenvalue weighted by Gasteiger charge is -2.12. The molecule has 2 rings (SSSR count). The molecule has 0 radical (unpaired) electrons. The summed E-state index contributed by atoms with van der Waals surface area (Å²) in [7, 11) is 1.61. The zero-order valence-electron chi connectivity index (χ0n) is 9.40. The first-order valence-corrected chi connectivity index (χ1v) is 5.50. The standard InChI is InChI=1S/C13H15NO2/c1-15-13-11(7-8-14)3-2-4-12(13)16-9-10-5-6-10/h2-4,10H,5-7,9H2,1H3. The van der Waals surface area contributed by atoms with Crippen molar-refractivity contribution in [3.63, 3.8) is 0 Å². The lowest BCUT2D eigenvalue weighted by Crippen LogP contribution is -2.02. The van der Waals surface area contributed by atoms with Crippen molar-refractivity contribution in [1.82, 2.24) is 0 Å². The van der Waals surface area contributed by atoms with Gasteiger partial charge >= 0.3 is 0 Å². The fourth-order valence-corrected chi connectivity index (χ4v) is 1.62. The molecule has 0 aliphatic heterocycles. The van der Waals surface area contributed by atoms with Crippen LogP contribution in [0.25, 0.3) is 0 Å². The lowest BCUT2D eigenvalue weighted by molar-refractivity contribution is 0.279. The Balaban J connectivity index is 2.14. The molecule has 1 aromatic rings. The Kier molecular flexibility index (Phi) is 3.31. The molecule has 1 aliphatic carbocycles. The summed E-state index contributed by atoms with van der Waals surface area (Å²) in [4.78, 5) is 0. The van der Waals surface area contributed by atoms with Crippen LogP contribution in [0.1, 0.15) is 18.4 Å². The van der Waals surface area contributed by atoms with Crippen LogP contribution in [0.5, 0.6) is 11.5 Å². The molecule has 1 fully saturated rings. The number of hydrogen-bond acceptors (Lipinski definition) is 3. The highest BCUT2D eigenvalue weighted by atomic mass is 16.5. The minimum Gasteiger partial charge on any atom is -0.493 e. The van der Waals surface area contributed by atoms with Crippen molar-refractivity contribution in [3.8, 4) is 17.6 Å². The first kappa shape index (κ1) is 10.8. The van der Waals surface area contributed by atoms with Crippen LogP contribution in [0.2, 0.25) is 0 Å². The SMILES string of the molecule is COc1c(CC#N)cccc1OCC1CC1. The topological polar surface area (TPSA) is 42.2 Å². The zero-order chi connectivity index (χ0) is 11.4. The summed E-state index contributed by atoms with van der Waals surface area (Å²) in [6, 6.07) is 7.81. The smallest absolute Gasteiger partial charge is 0.164 e.